The summed E-state index contributed by atoms with van der Waals surface area (Å²) in [6, 6.07) is 13.7. The van der Waals surface area contributed by atoms with E-state index in [0.717, 1.165) is 11.4 Å². The normalized spacial score (nSPS) is 9.71. The summed E-state index contributed by atoms with van der Waals surface area (Å²) in [6.07, 6.45) is 0. The zero-order valence-corrected chi connectivity index (χ0v) is 11.4. The number of nitrogens with zero attached hydrogens (tertiary/aromatic N) is 2. The van der Waals surface area contributed by atoms with Crippen molar-refractivity contribution in [1.29, 1.82) is 5.26 Å². The molecule has 0 fully saturated rings. The Morgan fingerprint density at radius 1 is 1.18 bits per heavy atom. The molecule has 3 nitrogen and oxygen atoms in total. The van der Waals surface area contributed by atoms with E-state index < -0.39 is 0 Å². The minimum Gasteiger partial charge on any atom is -0.339 e. The maximum absolute atomic E-state index is 9.00. The fourth-order valence-corrected chi connectivity index (χ4v) is 1.77. The van der Waals surface area contributed by atoms with Crippen molar-refractivity contribution in [2.24, 2.45) is 0 Å². The summed E-state index contributed by atoms with van der Waals surface area (Å²) in [5.41, 5.74) is 2.37. The first-order valence-electron chi connectivity index (χ1n) is 5.09. The molecular formula is C13H10IN3. The molecule has 1 aromatic carbocycles. The monoisotopic (exact) mass is 335 g/mol. The third-order valence-electron chi connectivity index (χ3n) is 2.26. The first kappa shape index (κ1) is 11.9. The summed E-state index contributed by atoms with van der Waals surface area (Å²) in [7, 11) is 0. The maximum Gasteiger partial charge on any atom is 0.148 e. The Labute approximate surface area is 114 Å². The Kier molecular flexibility index (Phi) is 3.59. The molecule has 0 aliphatic rings. The third-order valence-corrected chi connectivity index (χ3v) is 2.98. The van der Waals surface area contributed by atoms with Gasteiger partial charge in [0, 0.05) is 15.0 Å². The highest BCUT2D eigenvalue weighted by Crippen LogP contribution is 2.19. The first-order chi connectivity index (χ1) is 8.19. The van der Waals surface area contributed by atoms with Crippen molar-refractivity contribution in [1.82, 2.24) is 4.98 Å². The van der Waals surface area contributed by atoms with Gasteiger partial charge in [-0.25, -0.2) is 4.98 Å². The molecule has 0 saturated carbocycles. The lowest BCUT2D eigenvalue weighted by molar-refractivity contribution is 1.19. The van der Waals surface area contributed by atoms with Gasteiger partial charge in [-0.2, -0.15) is 5.26 Å². The predicted molar refractivity (Wildman–Crippen MR) is 76.1 cm³/mol. The third kappa shape index (κ3) is 2.94. The van der Waals surface area contributed by atoms with E-state index in [0.29, 0.717) is 11.4 Å². The quantitative estimate of drug-likeness (QED) is 0.853. The van der Waals surface area contributed by atoms with Gasteiger partial charge in [-0.05, 0) is 65.9 Å². The minimum atomic E-state index is 0.550. The van der Waals surface area contributed by atoms with Crippen molar-refractivity contribution in [2.45, 2.75) is 6.92 Å². The molecule has 0 atom stereocenters. The number of pyridine rings is 1. The number of aromatic nitrogens is 1. The number of nitriles is 1. The number of hydrogen-bond donors (Lipinski definition) is 1. The van der Waals surface area contributed by atoms with Crippen LogP contribution in [0.15, 0.2) is 36.4 Å². The Morgan fingerprint density at radius 3 is 2.53 bits per heavy atom. The van der Waals surface area contributed by atoms with Gasteiger partial charge in [0.15, 0.2) is 0 Å². The number of anilines is 2. The number of rotatable bonds is 2. The summed E-state index contributed by atoms with van der Waals surface area (Å²) < 4.78 is 1.17. The first-order valence-corrected chi connectivity index (χ1v) is 6.17. The summed E-state index contributed by atoms with van der Waals surface area (Å²) >= 11 is 2.25. The van der Waals surface area contributed by atoms with Crippen LogP contribution in [-0.4, -0.2) is 4.98 Å². The smallest absolute Gasteiger partial charge is 0.148 e. The van der Waals surface area contributed by atoms with Gasteiger partial charge in [-0.1, -0.05) is 0 Å². The van der Waals surface area contributed by atoms with Crippen LogP contribution in [0.1, 0.15) is 11.3 Å². The Hall–Kier alpha value is -1.61. The fraction of sp³-hybridized carbons (Fsp3) is 0.0769. The van der Waals surface area contributed by atoms with Gasteiger partial charge in [0.05, 0.1) is 5.56 Å². The molecule has 0 bridgehead atoms. The molecule has 0 spiro atoms. The van der Waals surface area contributed by atoms with Gasteiger partial charge in [0.1, 0.15) is 11.9 Å². The van der Waals surface area contributed by atoms with Crippen LogP contribution >= 0.6 is 22.6 Å². The van der Waals surface area contributed by atoms with Crippen molar-refractivity contribution < 1.29 is 0 Å². The van der Waals surface area contributed by atoms with Gasteiger partial charge < -0.3 is 5.32 Å². The van der Waals surface area contributed by atoms with Gasteiger partial charge >= 0.3 is 0 Å². The molecule has 0 aliphatic heterocycles. The van der Waals surface area contributed by atoms with E-state index in [1.165, 1.54) is 3.57 Å². The van der Waals surface area contributed by atoms with Gasteiger partial charge in [-0.15, -0.1) is 0 Å². The van der Waals surface area contributed by atoms with Gasteiger partial charge in [0.2, 0.25) is 0 Å². The molecule has 4 heteroatoms. The average molecular weight is 335 g/mol. The molecule has 17 heavy (non-hydrogen) atoms. The van der Waals surface area contributed by atoms with Crippen LogP contribution in [0.25, 0.3) is 0 Å². The molecule has 1 aromatic heterocycles. The summed E-state index contributed by atoms with van der Waals surface area (Å²) in [5, 5.41) is 12.2. The van der Waals surface area contributed by atoms with Gasteiger partial charge in [-0.3, -0.25) is 0 Å². The van der Waals surface area contributed by atoms with Crippen molar-refractivity contribution in [3.05, 3.63) is 51.2 Å². The molecule has 0 unspecified atom stereocenters. The molecule has 1 heterocycles. The van der Waals surface area contributed by atoms with E-state index in [1.807, 2.05) is 37.3 Å². The van der Waals surface area contributed by atoms with Crippen molar-refractivity contribution in [3.8, 4) is 6.07 Å². The summed E-state index contributed by atoms with van der Waals surface area (Å²) in [4.78, 5) is 4.33. The molecule has 0 radical (unpaired) electrons. The summed E-state index contributed by atoms with van der Waals surface area (Å²) in [5.74, 6) is 0.605. The summed E-state index contributed by atoms with van der Waals surface area (Å²) in [6.45, 7) is 1.90. The van der Waals surface area contributed by atoms with E-state index in [4.69, 9.17) is 5.26 Å². The van der Waals surface area contributed by atoms with Crippen molar-refractivity contribution >= 4 is 34.1 Å². The zero-order valence-electron chi connectivity index (χ0n) is 9.24. The van der Waals surface area contributed by atoms with Crippen LogP contribution < -0.4 is 5.32 Å². The van der Waals surface area contributed by atoms with E-state index in [-0.39, 0.29) is 0 Å². The molecular weight excluding hydrogens is 325 g/mol. The highest BCUT2D eigenvalue weighted by Gasteiger charge is 2.04. The second-order valence-electron chi connectivity index (χ2n) is 3.59. The molecule has 0 saturated heterocycles. The molecule has 1 N–H and O–H groups in total. The zero-order chi connectivity index (χ0) is 12.3. The maximum atomic E-state index is 9.00. The lowest BCUT2D eigenvalue weighted by Crippen LogP contribution is -1.98. The number of aryl methyl sites for hydroxylation is 1. The van der Waals surface area contributed by atoms with Crippen LogP contribution in [-0.2, 0) is 0 Å². The highest BCUT2D eigenvalue weighted by atomic mass is 127. The van der Waals surface area contributed by atoms with Crippen LogP contribution in [0, 0.1) is 21.8 Å². The molecule has 0 aliphatic carbocycles. The van der Waals surface area contributed by atoms with E-state index in [9.17, 15) is 0 Å². The molecule has 2 aromatic rings. The lowest BCUT2D eigenvalue weighted by Gasteiger charge is -2.07. The fourth-order valence-electron chi connectivity index (χ4n) is 1.41. The molecule has 84 valence electrons. The van der Waals surface area contributed by atoms with Crippen molar-refractivity contribution in [3.63, 3.8) is 0 Å². The molecule has 2 rings (SSSR count). The number of halogens is 1. The van der Waals surface area contributed by atoms with Crippen molar-refractivity contribution in [2.75, 3.05) is 5.32 Å². The van der Waals surface area contributed by atoms with E-state index in [2.05, 4.69) is 39.0 Å². The van der Waals surface area contributed by atoms with Crippen LogP contribution in [0.2, 0.25) is 0 Å². The Morgan fingerprint density at radius 2 is 1.88 bits per heavy atom. The number of benzene rings is 1. The van der Waals surface area contributed by atoms with E-state index >= 15 is 0 Å². The van der Waals surface area contributed by atoms with Gasteiger partial charge in [0.25, 0.3) is 0 Å². The van der Waals surface area contributed by atoms with Crippen LogP contribution in [0.4, 0.5) is 11.5 Å². The minimum absolute atomic E-state index is 0.550. The predicted octanol–water partition coefficient (Wildman–Crippen LogP) is 3.61. The standard InChI is InChI=1S/C13H10IN3/c1-9-2-3-10(8-15)13(16-9)17-12-6-4-11(14)5-7-12/h2-7H,1H3,(H,16,17). The van der Waals surface area contributed by atoms with E-state index in [1.54, 1.807) is 6.07 Å². The Balaban J connectivity index is 2.32. The topological polar surface area (TPSA) is 48.7 Å². The Bertz CT molecular complexity index is 570. The average Bonchev–Trinajstić information content (AvgIpc) is 2.32. The largest absolute Gasteiger partial charge is 0.339 e. The van der Waals surface area contributed by atoms with Crippen LogP contribution in [0.3, 0.4) is 0 Å². The number of nitrogens with one attached hydrogen (secondary N) is 1. The second kappa shape index (κ2) is 5.15. The molecule has 0 amide bonds. The SMILES string of the molecule is Cc1ccc(C#N)c(Nc2ccc(I)cc2)n1. The number of hydrogen-bond acceptors (Lipinski definition) is 3. The highest BCUT2D eigenvalue weighted by molar-refractivity contribution is 14.1. The van der Waals surface area contributed by atoms with Crippen LogP contribution in [0.5, 0.6) is 0 Å². The second-order valence-corrected chi connectivity index (χ2v) is 4.84. The lowest BCUT2D eigenvalue weighted by atomic mass is 10.2.